The van der Waals surface area contributed by atoms with Crippen LogP contribution in [0.1, 0.15) is 29.0 Å². The van der Waals surface area contributed by atoms with E-state index in [0.29, 0.717) is 6.42 Å². The van der Waals surface area contributed by atoms with E-state index in [1.165, 1.54) is 5.56 Å². The number of alkyl halides is 1. The summed E-state index contributed by atoms with van der Waals surface area (Å²) in [5, 5.41) is 0. The van der Waals surface area contributed by atoms with E-state index in [9.17, 15) is 0 Å². The van der Waals surface area contributed by atoms with Crippen LogP contribution in [0.2, 0.25) is 0 Å². The van der Waals surface area contributed by atoms with Gasteiger partial charge in [-0.3, -0.25) is 0 Å². The van der Waals surface area contributed by atoms with Crippen LogP contribution in [0.15, 0.2) is 45.4 Å². The Kier molecular flexibility index (Phi) is 3.42. The molecular formula is C15H14BrNO2. The fourth-order valence-electron chi connectivity index (χ4n) is 2.19. The van der Waals surface area contributed by atoms with Gasteiger partial charge >= 0.3 is 0 Å². The highest BCUT2D eigenvalue weighted by Crippen LogP contribution is 2.31. The van der Waals surface area contributed by atoms with Gasteiger partial charge in [0.15, 0.2) is 11.5 Å². The zero-order chi connectivity index (χ0) is 13.2. The molecule has 0 saturated carbocycles. The van der Waals surface area contributed by atoms with Gasteiger partial charge in [0.25, 0.3) is 0 Å². The molecule has 0 spiro atoms. The average Bonchev–Trinajstić information content (AvgIpc) is 3.03. The highest BCUT2D eigenvalue weighted by atomic mass is 79.9. The number of para-hydroxylation sites is 2. The predicted molar refractivity (Wildman–Crippen MR) is 77.5 cm³/mol. The summed E-state index contributed by atoms with van der Waals surface area (Å²) in [5.41, 5.74) is 2.91. The molecule has 3 aromatic rings. The van der Waals surface area contributed by atoms with E-state index in [-0.39, 0.29) is 4.83 Å². The smallest absolute Gasteiger partial charge is 0.196 e. The van der Waals surface area contributed by atoms with E-state index >= 15 is 0 Å². The second kappa shape index (κ2) is 5.21. The molecule has 0 bridgehead atoms. The first kappa shape index (κ1) is 12.5. The van der Waals surface area contributed by atoms with Gasteiger partial charge < -0.3 is 8.83 Å². The van der Waals surface area contributed by atoms with Crippen molar-refractivity contribution in [1.82, 2.24) is 4.98 Å². The second-order valence-corrected chi connectivity index (χ2v) is 5.50. The maximum Gasteiger partial charge on any atom is 0.196 e. The molecule has 0 N–H and O–H groups in total. The van der Waals surface area contributed by atoms with Gasteiger partial charge in [-0.25, -0.2) is 4.98 Å². The highest BCUT2D eigenvalue weighted by molar-refractivity contribution is 9.09. The first-order valence-electron chi connectivity index (χ1n) is 6.32. The molecule has 98 valence electrons. The fourth-order valence-corrected chi connectivity index (χ4v) is 2.87. The third-order valence-electron chi connectivity index (χ3n) is 3.13. The standard InChI is InChI=1S/C15H14BrNO2/c1-2-13-10(7-8-18-13)11(16)9-15-17-12-5-3-4-6-14(12)19-15/h3-8,11H,2,9H2,1H3. The summed E-state index contributed by atoms with van der Waals surface area (Å²) in [6.45, 7) is 2.08. The van der Waals surface area contributed by atoms with Gasteiger partial charge in [0, 0.05) is 18.4 Å². The van der Waals surface area contributed by atoms with Crippen molar-refractivity contribution in [2.24, 2.45) is 0 Å². The lowest BCUT2D eigenvalue weighted by molar-refractivity contribution is 0.504. The molecule has 3 nitrogen and oxygen atoms in total. The highest BCUT2D eigenvalue weighted by Gasteiger charge is 2.17. The van der Waals surface area contributed by atoms with Gasteiger partial charge in [0.2, 0.25) is 0 Å². The van der Waals surface area contributed by atoms with Gasteiger partial charge in [-0.15, -0.1) is 0 Å². The second-order valence-electron chi connectivity index (χ2n) is 4.40. The average molecular weight is 320 g/mol. The lowest BCUT2D eigenvalue weighted by Gasteiger charge is -2.06. The summed E-state index contributed by atoms with van der Waals surface area (Å²) >= 11 is 3.69. The maximum atomic E-state index is 5.74. The Labute approximate surface area is 119 Å². The van der Waals surface area contributed by atoms with Crippen molar-refractivity contribution in [1.29, 1.82) is 0 Å². The van der Waals surface area contributed by atoms with Crippen LogP contribution in [0.3, 0.4) is 0 Å². The lowest BCUT2D eigenvalue weighted by atomic mass is 10.1. The number of nitrogens with zero attached hydrogens (tertiary/aromatic N) is 1. The molecule has 0 aliphatic heterocycles. The van der Waals surface area contributed by atoms with Crippen molar-refractivity contribution < 1.29 is 8.83 Å². The molecule has 2 heterocycles. The van der Waals surface area contributed by atoms with E-state index in [4.69, 9.17) is 8.83 Å². The van der Waals surface area contributed by atoms with E-state index in [1.54, 1.807) is 6.26 Å². The third-order valence-corrected chi connectivity index (χ3v) is 3.95. The van der Waals surface area contributed by atoms with Gasteiger partial charge in [-0.05, 0) is 18.2 Å². The minimum absolute atomic E-state index is 0.161. The summed E-state index contributed by atoms with van der Waals surface area (Å²) < 4.78 is 11.2. The van der Waals surface area contributed by atoms with E-state index in [1.807, 2.05) is 30.3 Å². The molecule has 1 atom stereocenters. The summed E-state index contributed by atoms with van der Waals surface area (Å²) in [4.78, 5) is 4.65. The first-order chi connectivity index (χ1) is 9.28. The van der Waals surface area contributed by atoms with Crippen LogP contribution in [0, 0.1) is 0 Å². The molecule has 3 rings (SSSR count). The topological polar surface area (TPSA) is 39.2 Å². The first-order valence-corrected chi connectivity index (χ1v) is 7.24. The molecule has 0 aliphatic carbocycles. The number of aryl methyl sites for hydroxylation is 1. The zero-order valence-electron chi connectivity index (χ0n) is 10.6. The van der Waals surface area contributed by atoms with Crippen LogP contribution in [0.25, 0.3) is 11.1 Å². The number of halogens is 1. The van der Waals surface area contributed by atoms with Gasteiger partial charge in [-0.2, -0.15) is 0 Å². The van der Waals surface area contributed by atoms with Gasteiger partial charge in [-0.1, -0.05) is 35.0 Å². The van der Waals surface area contributed by atoms with E-state index < -0.39 is 0 Å². The molecule has 0 radical (unpaired) electrons. The number of furan rings is 1. The molecule has 1 unspecified atom stereocenters. The van der Waals surface area contributed by atoms with E-state index in [0.717, 1.165) is 29.2 Å². The molecule has 0 amide bonds. The van der Waals surface area contributed by atoms with Gasteiger partial charge in [0.1, 0.15) is 11.3 Å². The van der Waals surface area contributed by atoms with Crippen molar-refractivity contribution >= 4 is 27.0 Å². The number of aromatic nitrogens is 1. The minimum atomic E-state index is 0.161. The number of benzene rings is 1. The molecule has 0 aliphatic rings. The SMILES string of the molecule is CCc1occc1C(Br)Cc1nc2ccccc2o1. The Morgan fingerprint density at radius 3 is 2.89 bits per heavy atom. The maximum absolute atomic E-state index is 5.74. The minimum Gasteiger partial charge on any atom is -0.469 e. The summed E-state index contributed by atoms with van der Waals surface area (Å²) in [6.07, 6.45) is 3.33. The fraction of sp³-hybridized carbons (Fsp3) is 0.267. The normalized spacial score (nSPS) is 12.9. The number of fused-ring (bicyclic) bond motifs is 1. The Morgan fingerprint density at radius 1 is 1.26 bits per heavy atom. The summed E-state index contributed by atoms with van der Waals surface area (Å²) in [5.74, 6) is 1.75. The summed E-state index contributed by atoms with van der Waals surface area (Å²) in [7, 11) is 0. The molecular weight excluding hydrogens is 306 g/mol. The molecule has 0 fully saturated rings. The lowest BCUT2D eigenvalue weighted by Crippen LogP contribution is -1.97. The monoisotopic (exact) mass is 319 g/mol. The van der Waals surface area contributed by atoms with Crippen LogP contribution in [-0.2, 0) is 12.8 Å². The largest absolute Gasteiger partial charge is 0.469 e. The predicted octanol–water partition coefficient (Wildman–Crippen LogP) is 4.66. The number of rotatable bonds is 4. The van der Waals surface area contributed by atoms with Crippen molar-refractivity contribution in [3.05, 3.63) is 53.8 Å². The third kappa shape index (κ3) is 2.45. The number of hydrogen-bond acceptors (Lipinski definition) is 3. The quantitative estimate of drug-likeness (QED) is 0.656. The Bertz CT molecular complexity index is 653. The number of oxazole rings is 1. The van der Waals surface area contributed by atoms with Crippen LogP contribution >= 0.6 is 15.9 Å². The molecule has 1 aromatic carbocycles. The molecule has 2 aromatic heterocycles. The Balaban J connectivity index is 1.84. The van der Waals surface area contributed by atoms with Crippen molar-refractivity contribution in [2.45, 2.75) is 24.6 Å². The molecule has 4 heteroatoms. The Morgan fingerprint density at radius 2 is 2.11 bits per heavy atom. The molecule has 0 saturated heterocycles. The Hall–Kier alpha value is -1.55. The van der Waals surface area contributed by atoms with Gasteiger partial charge in [0.05, 0.1) is 11.1 Å². The zero-order valence-corrected chi connectivity index (χ0v) is 12.2. The van der Waals surface area contributed by atoms with E-state index in [2.05, 4.69) is 27.8 Å². The molecule has 19 heavy (non-hydrogen) atoms. The van der Waals surface area contributed by atoms with Crippen LogP contribution in [0.5, 0.6) is 0 Å². The van der Waals surface area contributed by atoms with Crippen LogP contribution in [-0.4, -0.2) is 4.98 Å². The number of hydrogen-bond donors (Lipinski definition) is 0. The summed E-state index contributed by atoms with van der Waals surface area (Å²) in [6, 6.07) is 9.81. The van der Waals surface area contributed by atoms with Crippen LogP contribution in [0.4, 0.5) is 0 Å². The van der Waals surface area contributed by atoms with Crippen LogP contribution < -0.4 is 0 Å². The van der Waals surface area contributed by atoms with Crippen molar-refractivity contribution in [2.75, 3.05) is 0 Å². The van der Waals surface area contributed by atoms with Crippen molar-refractivity contribution in [3.63, 3.8) is 0 Å². The van der Waals surface area contributed by atoms with Crippen molar-refractivity contribution in [3.8, 4) is 0 Å².